The predicted molar refractivity (Wildman–Crippen MR) is 63.2 cm³/mol. The zero-order chi connectivity index (χ0) is 11.4. The van der Waals surface area contributed by atoms with Gasteiger partial charge in [0.2, 0.25) is 0 Å². The van der Waals surface area contributed by atoms with E-state index in [0.29, 0.717) is 13.2 Å². The van der Waals surface area contributed by atoms with Crippen molar-refractivity contribution in [1.29, 1.82) is 0 Å². The van der Waals surface area contributed by atoms with Crippen LogP contribution in [-0.4, -0.2) is 49.6 Å². The largest absolute Gasteiger partial charge is 0.347 e. The summed E-state index contributed by atoms with van der Waals surface area (Å²) >= 11 is 0. The van der Waals surface area contributed by atoms with E-state index < -0.39 is 0 Å². The van der Waals surface area contributed by atoms with Gasteiger partial charge in [-0.05, 0) is 45.8 Å². The van der Waals surface area contributed by atoms with Gasteiger partial charge in [0.05, 0.1) is 12.7 Å². The highest BCUT2D eigenvalue weighted by Gasteiger charge is 2.36. The Morgan fingerprint density at radius 3 is 2.81 bits per heavy atom. The van der Waals surface area contributed by atoms with Crippen LogP contribution in [0.1, 0.15) is 32.6 Å². The van der Waals surface area contributed by atoms with Gasteiger partial charge in [-0.2, -0.15) is 0 Å². The quantitative estimate of drug-likeness (QED) is 0.761. The van der Waals surface area contributed by atoms with E-state index in [1.54, 1.807) is 0 Å². The topological polar surface area (TPSA) is 47.7 Å². The maximum absolute atomic E-state index is 5.92. The number of rotatable bonds is 5. The van der Waals surface area contributed by atoms with Crippen LogP contribution < -0.4 is 5.73 Å². The molecule has 0 spiro atoms. The van der Waals surface area contributed by atoms with Crippen molar-refractivity contribution in [3.05, 3.63) is 0 Å². The molecule has 2 aliphatic rings. The van der Waals surface area contributed by atoms with Crippen LogP contribution in [0, 0.1) is 0 Å². The van der Waals surface area contributed by atoms with Crippen molar-refractivity contribution in [1.82, 2.24) is 4.90 Å². The second-order valence-corrected chi connectivity index (χ2v) is 5.06. The average molecular weight is 228 g/mol. The third-order valence-corrected chi connectivity index (χ3v) is 3.56. The van der Waals surface area contributed by atoms with Gasteiger partial charge < -0.3 is 20.1 Å². The van der Waals surface area contributed by atoms with E-state index in [-0.39, 0.29) is 11.9 Å². The molecule has 2 aliphatic heterocycles. The Labute approximate surface area is 98.1 Å². The van der Waals surface area contributed by atoms with Gasteiger partial charge in [0.25, 0.3) is 0 Å². The van der Waals surface area contributed by atoms with Gasteiger partial charge in [-0.15, -0.1) is 0 Å². The average Bonchev–Trinajstić information content (AvgIpc) is 2.87. The summed E-state index contributed by atoms with van der Waals surface area (Å²) in [6.07, 6.45) is 4.75. The molecule has 0 amide bonds. The Bertz CT molecular complexity index is 219. The second kappa shape index (κ2) is 5.45. The van der Waals surface area contributed by atoms with Gasteiger partial charge in [-0.3, -0.25) is 0 Å². The molecule has 2 unspecified atom stereocenters. The summed E-state index contributed by atoms with van der Waals surface area (Å²) < 4.78 is 11.7. The van der Waals surface area contributed by atoms with Gasteiger partial charge in [0.1, 0.15) is 0 Å². The predicted octanol–water partition coefficient (Wildman–Crippen LogP) is 0.953. The molecule has 4 heteroatoms. The lowest BCUT2D eigenvalue weighted by Gasteiger charge is -2.26. The van der Waals surface area contributed by atoms with E-state index >= 15 is 0 Å². The number of nitrogens with zero attached hydrogens (tertiary/aromatic N) is 1. The molecule has 0 aromatic carbocycles. The molecule has 0 aromatic heterocycles. The van der Waals surface area contributed by atoms with E-state index in [4.69, 9.17) is 15.2 Å². The molecule has 2 fully saturated rings. The highest BCUT2D eigenvalue weighted by atomic mass is 16.7. The van der Waals surface area contributed by atoms with Gasteiger partial charge >= 0.3 is 0 Å². The van der Waals surface area contributed by atoms with Crippen molar-refractivity contribution in [3.8, 4) is 0 Å². The molecule has 4 nitrogen and oxygen atoms in total. The summed E-state index contributed by atoms with van der Waals surface area (Å²) in [5.41, 5.74) is 5.53. The molecular formula is C12H24N2O2. The molecule has 2 rings (SSSR count). The fourth-order valence-electron chi connectivity index (χ4n) is 2.52. The first-order valence-corrected chi connectivity index (χ1v) is 6.46. The Morgan fingerprint density at radius 1 is 1.38 bits per heavy atom. The van der Waals surface area contributed by atoms with Gasteiger partial charge in [0.15, 0.2) is 5.79 Å². The molecule has 2 heterocycles. The van der Waals surface area contributed by atoms with Crippen molar-refractivity contribution in [3.63, 3.8) is 0 Å². The van der Waals surface area contributed by atoms with Gasteiger partial charge in [0, 0.05) is 13.0 Å². The Balaban J connectivity index is 1.71. The smallest absolute Gasteiger partial charge is 0.167 e. The van der Waals surface area contributed by atoms with Crippen LogP contribution in [0.2, 0.25) is 0 Å². The van der Waals surface area contributed by atoms with Crippen LogP contribution in [0.4, 0.5) is 0 Å². The molecule has 0 saturated carbocycles. The SMILES string of the molecule is CC1(CCN2CCCC2)OCC(CCN)O1. The van der Waals surface area contributed by atoms with Crippen LogP contribution >= 0.6 is 0 Å². The van der Waals surface area contributed by atoms with Crippen LogP contribution in [0.25, 0.3) is 0 Å². The first kappa shape index (κ1) is 12.3. The second-order valence-electron chi connectivity index (χ2n) is 5.06. The monoisotopic (exact) mass is 228 g/mol. The van der Waals surface area contributed by atoms with Crippen LogP contribution in [0.3, 0.4) is 0 Å². The molecule has 2 saturated heterocycles. The van der Waals surface area contributed by atoms with Crippen molar-refractivity contribution in [2.75, 3.05) is 32.8 Å². The fraction of sp³-hybridized carbons (Fsp3) is 1.00. The van der Waals surface area contributed by atoms with Crippen molar-refractivity contribution < 1.29 is 9.47 Å². The maximum Gasteiger partial charge on any atom is 0.167 e. The number of hydrogen-bond donors (Lipinski definition) is 1. The minimum Gasteiger partial charge on any atom is -0.347 e. The van der Waals surface area contributed by atoms with Gasteiger partial charge in [-0.1, -0.05) is 0 Å². The lowest BCUT2D eigenvalue weighted by Crippen LogP contribution is -2.33. The summed E-state index contributed by atoms with van der Waals surface area (Å²) in [6.45, 7) is 7.00. The molecule has 16 heavy (non-hydrogen) atoms. The van der Waals surface area contributed by atoms with Crippen molar-refractivity contribution >= 4 is 0 Å². The maximum atomic E-state index is 5.92. The summed E-state index contributed by atoms with van der Waals surface area (Å²) in [4.78, 5) is 2.49. The minimum absolute atomic E-state index is 0.202. The van der Waals surface area contributed by atoms with Gasteiger partial charge in [-0.25, -0.2) is 0 Å². The van der Waals surface area contributed by atoms with E-state index in [9.17, 15) is 0 Å². The Hall–Kier alpha value is -0.160. The summed E-state index contributed by atoms with van der Waals surface area (Å²) in [5, 5.41) is 0. The molecular weight excluding hydrogens is 204 g/mol. The van der Waals surface area contributed by atoms with Crippen molar-refractivity contribution in [2.24, 2.45) is 5.73 Å². The van der Waals surface area contributed by atoms with Crippen molar-refractivity contribution in [2.45, 2.75) is 44.5 Å². The summed E-state index contributed by atoms with van der Waals surface area (Å²) in [7, 11) is 0. The number of likely N-dealkylation sites (tertiary alicyclic amines) is 1. The first-order chi connectivity index (χ1) is 7.72. The number of ether oxygens (including phenoxy) is 2. The van der Waals surface area contributed by atoms with E-state index in [2.05, 4.69) is 11.8 Å². The number of nitrogens with two attached hydrogens (primary N) is 1. The Morgan fingerprint density at radius 2 is 2.12 bits per heavy atom. The summed E-state index contributed by atoms with van der Waals surface area (Å²) in [6, 6.07) is 0. The normalized spacial score (nSPS) is 36.0. The Kier molecular flexibility index (Phi) is 4.19. The van der Waals surface area contributed by atoms with E-state index in [1.165, 1.54) is 25.9 Å². The zero-order valence-electron chi connectivity index (χ0n) is 10.3. The first-order valence-electron chi connectivity index (χ1n) is 6.46. The highest BCUT2D eigenvalue weighted by molar-refractivity contribution is 4.77. The lowest BCUT2D eigenvalue weighted by molar-refractivity contribution is -0.160. The van der Waals surface area contributed by atoms with Crippen LogP contribution in [0.5, 0.6) is 0 Å². The molecule has 2 N–H and O–H groups in total. The zero-order valence-corrected chi connectivity index (χ0v) is 10.3. The molecule has 94 valence electrons. The molecule has 2 atom stereocenters. The van der Waals surface area contributed by atoms with Crippen LogP contribution in [-0.2, 0) is 9.47 Å². The molecule has 0 radical (unpaired) electrons. The standard InChI is InChI=1S/C12H24N2O2/c1-12(5-9-14-7-2-3-8-14)15-10-11(16-12)4-6-13/h11H,2-10,13H2,1H3. The fourth-order valence-corrected chi connectivity index (χ4v) is 2.52. The van der Waals surface area contributed by atoms with E-state index in [1.807, 2.05) is 0 Å². The number of hydrogen-bond acceptors (Lipinski definition) is 4. The third-order valence-electron chi connectivity index (χ3n) is 3.56. The van der Waals surface area contributed by atoms with Crippen LogP contribution in [0.15, 0.2) is 0 Å². The minimum atomic E-state index is -0.373. The molecule has 0 aromatic rings. The summed E-state index contributed by atoms with van der Waals surface area (Å²) in [5.74, 6) is -0.373. The third kappa shape index (κ3) is 3.17. The molecule has 0 bridgehead atoms. The van der Waals surface area contributed by atoms with E-state index in [0.717, 1.165) is 19.4 Å². The highest BCUT2D eigenvalue weighted by Crippen LogP contribution is 2.28. The molecule has 0 aliphatic carbocycles. The lowest BCUT2D eigenvalue weighted by atomic mass is 10.2.